The van der Waals surface area contributed by atoms with Crippen molar-refractivity contribution in [3.63, 3.8) is 0 Å². The molecule has 47 heavy (non-hydrogen) atoms. The van der Waals surface area contributed by atoms with Crippen molar-refractivity contribution < 1.29 is 0 Å². The summed E-state index contributed by atoms with van der Waals surface area (Å²) in [6, 6.07) is 49.8. The molecule has 4 heterocycles. The highest BCUT2D eigenvalue weighted by atomic mass is 32.1. The van der Waals surface area contributed by atoms with E-state index in [-0.39, 0.29) is 5.69 Å². The van der Waals surface area contributed by atoms with E-state index < -0.39 is 0 Å². The molecule has 0 saturated carbocycles. The molecule has 5 nitrogen and oxygen atoms in total. The van der Waals surface area contributed by atoms with E-state index >= 15 is 0 Å². The van der Waals surface area contributed by atoms with Gasteiger partial charge in [0, 0.05) is 26.2 Å². The van der Waals surface area contributed by atoms with Gasteiger partial charge in [-0.1, -0.05) is 121 Å². The van der Waals surface area contributed by atoms with Crippen LogP contribution >= 0.6 is 11.3 Å². The molecule has 10 rings (SSSR count). The fourth-order valence-electron chi connectivity index (χ4n) is 7.18. The van der Waals surface area contributed by atoms with Crippen LogP contribution in [0.15, 0.2) is 150 Å². The van der Waals surface area contributed by atoms with Gasteiger partial charge in [0.1, 0.15) is 5.65 Å². The third-order valence-corrected chi connectivity index (χ3v) is 10.4. The fourth-order valence-corrected chi connectivity index (χ4v) is 8.44. The zero-order valence-corrected chi connectivity index (χ0v) is 25.8. The quantitative estimate of drug-likeness (QED) is 0.198. The third kappa shape index (κ3) is 3.79. The first kappa shape index (κ1) is 26.1. The molecule has 0 saturated heterocycles. The van der Waals surface area contributed by atoms with E-state index in [1.165, 1.54) is 26.2 Å². The molecule has 6 aromatic carbocycles. The highest BCUT2D eigenvalue weighted by Crippen LogP contribution is 2.47. The molecule has 220 valence electrons. The molecule has 6 heteroatoms. The van der Waals surface area contributed by atoms with E-state index in [1.807, 2.05) is 60.7 Å². The van der Waals surface area contributed by atoms with Crippen LogP contribution in [0, 0.1) is 0 Å². The van der Waals surface area contributed by atoms with Crippen LogP contribution in [0.4, 0.5) is 0 Å². The van der Waals surface area contributed by atoms with Crippen molar-refractivity contribution in [2.24, 2.45) is 0 Å². The minimum absolute atomic E-state index is 0.361. The SMILES string of the molecule is O=c1nc(-n2c3ccccc3c3c4ccccc4c4c5ccccc5sc4c32)nc2cc(-c3ccccc3)cc(-c3ccccc3)n12. The predicted molar refractivity (Wildman–Crippen MR) is 195 cm³/mol. The average molecular weight is 621 g/mol. The van der Waals surface area contributed by atoms with Crippen molar-refractivity contribution in [3.05, 3.63) is 156 Å². The van der Waals surface area contributed by atoms with Crippen molar-refractivity contribution in [1.29, 1.82) is 0 Å². The molecule has 0 aliphatic rings. The lowest BCUT2D eigenvalue weighted by atomic mass is 9.99. The van der Waals surface area contributed by atoms with Gasteiger partial charge in [-0.15, -0.1) is 11.3 Å². The molecule has 0 radical (unpaired) electrons. The van der Waals surface area contributed by atoms with Crippen LogP contribution in [-0.4, -0.2) is 18.9 Å². The summed E-state index contributed by atoms with van der Waals surface area (Å²) in [6.07, 6.45) is 0. The molecular formula is C41H24N4OS. The van der Waals surface area contributed by atoms with Crippen LogP contribution in [0.25, 0.3) is 86.7 Å². The summed E-state index contributed by atoms with van der Waals surface area (Å²) in [7, 11) is 0. The van der Waals surface area contributed by atoms with Crippen LogP contribution in [0.2, 0.25) is 0 Å². The second-order valence-electron chi connectivity index (χ2n) is 11.8. The van der Waals surface area contributed by atoms with Crippen LogP contribution in [0.5, 0.6) is 0 Å². The average Bonchev–Trinajstić information content (AvgIpc) is 3.69. The topological polar surface area (TPSA) is 52.2 Å². The maximum Gasteiger partial charge on any atom is 0.357 e. The lowest BCUT2D eigenvalue weighted by Gasteiger charge is -2.14. The molecule has 0 aliphatic heterocycles. The summed E-state index contributed by atoms with van der Waals surface area (Å²) in [5.74, 6) is 0.361. The molecule has 0 amide bonds. The molecule has 10 aromatic rings. The van der Waals surface area contributed by atoms with E-state index in [1.54, 1.807) is 15.7 Å². The molecule has 0 bridgehead atoms. The Bertz CT molecular complexity index is 2920. The minimum atomic E-state index is -0.372. The molecule has 4 aromatic heterocycles. The van der Waals surface area contributed by atoms with Crippen LogP contribution in [-0.2, 0) is 0 Å². The van der Waals surface area contributed by atoms with Gasteiger partial charge in [0.15, 0.2) is 0 Å². The summed E-state index contributed by atoms with van der Waals surface area (Å²) < 4.78 is 6.11. The number of hydrogen-bond acceptors (Lipinski definition) is 4. The number of para-hydroxylation sites is 1. The third-order valence-electron chi connectivity index (χ3n) is 9.18. The Morgan fingerprint density at radius 3 is 1.91 bits per heavy atom. The maximum atomic E-state index is 14.2. The number of fused-ring (bicyclic) bond motifs is 11. The van der Waals surface area contributed by atoms with Gasteiger partial charge in [-0.2, -0.15) is 9.97 Å². The van der Waals surface area contributed by atoms with E-state index in [9.17, 15) is 4.79 Å². The summed E-state index contributed by atoms with van der Waals surface area (Å²) in [5, 5.41) is 7.07. The van der Waals surface area contributed by atoms with E-state index in [0.29, 0.717) is 11.6 Å². The number of nitrogens with zero attached hydrogens (tertiary/aromatic N) is 4. The summed E-state index contributed by atoms with van der Waals surface area (Å²) >= 11 is 1.78. The second kappa shape index (κ2) is 9.94. The Morgan fingerprint density at radius 2 is 1.15 bits per heavy atom. The summed E-state index contributed by atoms with van der Waals surface area (Å²) in [5.41, 5.74) is 5.85. The number of thiophene rings is 1. The lowest BCUT2D eigenvalue weighted by Crippen LogP contribution is -2.23. The predicted octanol–water partition coefficient (Wildman–Crippen LogP) is 10.0. The van der Waals surface area contributed by atoms with Gasteiger partial charge in [0.2, 0.25) is 5.95 Å². The number of rotatable bonds is 3. The van der Waals surface area contributed by atoms with Crippen LogP contribution < -0.4 is 5.69 Å². The van der Waals surface area contributed by atoms with Crippen molar-refractivity contribution in [3.8, 4) is 28.3 Å². The van der Waals surface area contributed by atoms with Gasteiger partial charge in [0.05, 0.1) is 21.4 Å². The van der Waals surface area contributed by atoms with Gasteiger partial charge >= 0.3 is 5.69 Å². The van der Waals surface area contributed by atoms with Crippen LogP contribution in [0.3, 0.4) is 0 Å². The highest BCUT2D eigenvalue weighted by Gasteiger charge is 2.23. The molecule has 0 spiro atoms. The summed E-state index contributed by atoms with van der Waals surface area (Å²) in [6.45, 7) is 0. The van der Waals surface area contributed by atoms with Gasteiger partial charge in [-0.05, 0) is 51.7 Å². The van der Waals surface area contributed by atoms with Crippen molar-refractivity contribution in [2.75, 3.05) is 0 Å². The van der Waals surface area contributed by atoms with E-state index in [2.05, 4.69) is 89.5 Å². The molecule has 0 atom stereocenters. The Labute approximate surface area is 272 Å². The zero-order chi connectivity index (χ0) is 31.1. The van der Waals surface area contributed by atoms with Gasteiger partial charge < -0.3 is 0 Å². The minimum Gasteiger partial charge on any atom is -0.276 e. The smallest absolute Gasteiger partial charge is 0.276 e. The van der Waals surface area contributed by atoms with Crippen molar-refractivity contribution in [2.45, 2.75) is 0 Å². The normalized spacial score (nSPS) is 11.9. The fraction of sp³-hybridized carbons (Fsp3) is 0. The number of benzene rings is 6. The molecule has 0 fully saturated rings. The monoisotopic (exact) mass is 620 g/mol. The number of hydrogen-bond donors (Lipinski definition) is 0. The first-order chi connectivity index (χ1) is 23.2. The van der Waals surface area contributed by atoms with Crippen LogP contribution in [0.1, 0.15) is 0 Å². The Balaban J connectivity index is 1.38. The number of aromatic nitrogens is 4. The van der Waals surface area contributed by atoms with Gasteiger partial charge in [-0.25, -0.2) is 9.20 Å². The molecule has 0 N–H and O–H groups in total. The van der Waals surface area contributed by atoms with E-state index in [4.69, 9.17) is 9.97 Å². The molecular weight excluding hydrogens is 597 g/mol. The maximum absolute atomic E-state index is 14.2. The highest BCUT2D eigenvalue weighted by molar-refractivity contribution is 7.27. The van der Waals surface area contributed by atoms with Crippen molar-refractivity contribution >= 4 is 69.7 Å². The molecule has 0 aliphatic carbocycles. The Morgan fingerprint density at radius 1 is 0.532 bits per heavy atom. The van der Waals surface area contributed by atoms with Crippen molar-refractivity contribution in [1.82, 2.24) is 18.9 Å². The van der Waals surface area contributed by atoms with Gasteiger partial charge in [0.25, 0.3) is 0 Å². The molecule has 0 unspecified atom stereocenters. The largest absolute Gasteiger partial charge is 0.357 e. The van der Waals surface area contributed by atoms with E-state index in [0.717, 1.165) is 48.9 Å². The Hall–Kier alpha value is -6.11. The lowest BCUT2D eigenvalue weighted by molar-refractivity contribution is 0.891. The van der Waals surface area contributed by atoms with Gasteiger partial charge in [-0.3, -0.25) is 4.57 Å². The first-order valence-corrected chi connectivity index (χ1v) is 16.4. The second-order valence-corrected chi connectivity index (χ2v) is 12.8. The zero-order valence-electron chi connectivity index (χ0n) is 25.0. The summed E-state index contributed by atoms with van der Waals surface area (Å²) in [4.78, 5) is 24.2. The Kier molecular flexibility index (Phi) is 5.53. The first-order valence-electron chi connectivity index (χ1n) is 15.6. The number of pyridine rings is 1. The standard InChI is InChI=1S/C41H24N4OS/c46-41-43-40(42-35-24-27(25-13-3-1-4-14-25)23-33(44(35)41)26-15-5-2-6-16-26)45-32-21-11-9-19-30(32)36-28-17-7-8-18-29(28)37-31-20-10-12-22-34(31)47-39(37)38(36)45/h1-24H.